The van der Waals surface area contributed by atoms with E-state index in [9.17, 15) is 14.0 Å². The molecule has 2 aliphatic rings. The van der Waals surface area contributed by atoms with Crippen LogP contribution >= 0.6 is 11.3 Å². The monoisotopic (exact) mass is 466 g/mol. The summed E-state index contributed by atoms with van der Waals surface area (Å²) in [6, 6.07) is 11.4. The lowest BCUT2D eigenvalue weighted by molar-refractivity contribution is -0.126. The molecule has 0 spiro atoms. The van der Waals surface area contributed by atoms with Crippen molar-refractivity contribution in [3.8, 4) is 0 Å². The van der Waals surface area contributed by atoms with Crippen molar-refractivity contribution >= 4 is 44.6 Å². The predicted molar refractivity (Wildman–Crippen MR) is 130 cm³/mol. The van der Waals surface area contributed by atoms with Crippen LogP contribution in [-0.4, -0.2) is 56.0 Å². The SMILES string of the molecule is NCC(=O)N1C(=O)CCc2ccc(CCN3CCN(c4cc(F)cc5sccc45)CC3)cc21. The van der Waals surface area contributed by atoms with Gasteiger partial charge in [-0.15, -0.1) is 11.3 Å². The molecule has 0 unspecified atom stereocenters. The molecule has 5 rings (SSSR count). The number of hydrogen-bond acceptors (Lipinski definition) is 6. The fraction of sp³-hybridized carbons (Fsp3) is 0.360. The van der Waals surface area contributed by atoms with Gasteiger partial charge < -0.3 is 10.6 Å². The zero-order chi connectivity index (χ0) is 22.9. The van der Waals surface area contributed by atoms with Crippen LogP contribution < -0.4 is 15.5 Å². The largest absolute Gasteiger partial charge is 0.368 e. The second-order valence-electron chi connectivity index (χ2n) is 8.63. The number of carbonyl (C=O) groups excluding carboxylic acids is 2. The lowest BCUT2D eigenvalue weighted by Gasteiger charge is -2.36. The van der Waals surface area contributed by atoms with E-state index in [1.807, 2.05) is 17.5 Å². The summed E-state index contributed by atoms with van der Waals surface area (Å²) in [5, 5.41) is 3.13. The van der Waals surface area contributed by atoms with Crippen molar-refractivity contribution in [2.24, 2.45) is 5.73 Å². The Kier molecular flexibility index (Phi) is 6.14. The fourth-order valence-electron chi connectivity index (χ4n) is 4.82. The van der Waals surface area contributed by atoms with E-state index in [1.54, 1.807) is 23.5 Å². The summed E-state index contributed by atoms with van der Waals surface area (Å²) < 4.78 is 15.1. The topological polar surface area (TPSA) is 69.9 Å². The Morgan fingerprint density at radius 3 is 2.64 bits per heavy atom. The van der Waals surface area contributed by atoms with E-state index in [2.05, 4.69) is 21.9 Å². The molecule has 0 radical (unpaired) electrons. The molecule has 2 amide bonds. The van der Waals surface area contributed by atoms with Crippen molar-refractivity contribution in [3.05, 3.63) is 58.7 Å². The van der Waals surface area contributed by atoms with Crippen LogP contribution in [0.1, 0.15) is 17.5 Å². The molecule has 0 aliphatic carbocycles. The molecule has 2 aliphatic heterocycles. The van der Waals surface area contributed by atoms with Crippen LogP contribution in [0.3, 0.4) is 0 Å². The first kappa shape index (κ1) is 22.0. The molecular weight excluding hydrogens is 439 g/mol. The Bertz CT molecular complexity index is 1200. The maximum Gasteiger partial charge on any atom is 0.247 e. The first-order valence-corrected chi connectivity index (χ1v) is 12.2. The first-order chi connectivity index (χ1) is 16.0. The second-order valence-corrected chi connectivity index (χ2v) is 9.57. The molecule has 172 valence electrons. The molecule has 1 saturated heterocycles. The van der Waals surface area contributed by atoms with Crippen molar-refractivity contribution in [1.82, 2.24) is 4.90 Å². The number of halogens is 1. The number of thiophene rings is 1. The van der Waals surface area contributed by atoms with E-state index in [-0.39, 0.29) is 24.2 Å². The van der Waals surface area contributed by atoms with Gasteiger partial charge in [-0.2, -0.15) is 0 Å². The maximum atomic E-state index is 14.1. The van der Waals surface area contributed by atoms with Crippen LogP contribution in [0.15, 0.2) is 41.8 Å². The van der Waals surface area contributed by atoms with Crippen molar-refractivity contribution in [2.75, 3.05) is 49.1 Å². The maximum absolute atomic E-state index is 14.1. The highest BCUT2D eigenvalue weighted by Gasteiger charge is 2.29. The van der Waals surface area contributed by atoms with Gasteiger partial charge in [-0.3, -0.25) is 14.5 Å². The molecule has 8 heteroatoms. The minimum absolute atomic E-state index is 0.177. The van der Waals surface area contributed by atoms with Crippen LogP contribution in [-0.2, 0) is 22.4 Å². The van der Waals surface area contributed by atoms with Gasteiger partial charge in [-0.05, 0) is 53.6 Å². The number of carbonyl (C=O) groups is 2. The van der Waals surface area contributed by atoms with Gasteiger partial charge in [-0.25, -0.2) is 9.29 Å². The Morgan fingerprint density at radius 2 is 1.85 bits per heavy atom. The van der Waals surface area contributed by atoms with Crippen LogP contribution in [0.25, 0.3) is 10.1 Å². The third kappa shape index (κ3) is 4.38. The molecular formula is C25H27FN4O2S. The molecule has 1 fully saturated rings. The summed E-state index contributed by atoms with van der Waals surface area (Å²) >= 11 is 1.57. The van der Waals surface area contributed by atoms with Gasteiger partial charge in [0.05, 0.1) is 12.2 Å². The zero-order valence-corrected chi connectivity index (χ0v) is 19.2. The number of anilines is 2. The van der Waals surface area contributed by atoms with E-state index in [1.165, 1.54) is 4.90 Å². The smallest absolute Gasteiger partial charge is 0.247 e. The van der Waals surface area contributed by atoms with Gasteiger partial charge in [-0.1, -0.05) is 12.1 Å². The number of piperazine rings is 1. The second kappa shape index (κ2) is 9.21. The fourth-order valence-corrected chi connectivity index (χ4v) is 5.65. The van der Waals surface area contributed by atoms with Crippen molar-refractivity contribution in [1.29, 1.82) is 0 Å². The van der Waals surface area contributed by atoms with Crippen LogP contribution in [0.4, 0.5) is 15.8 Å². The van der Waals surface area contributed by atoms with E-state index in [0.29, 0.717) is 18.5 Å². The van der Waals surface area contributed by atoms with Crippen LogP contribution in [0, 0.1) is 5.82 Å². The molecule has 0 atom stereocenters. The van der Waals surface area contributed by atoms with E-state index < -0.39 is 0 Å². The van der Waals surface area contributed by atoms with Gasteiger partial charge >= 0.3 is 0 Å². The van der Waals surface area contributed by atoms with Gasteiger partial charge in [0.1, 0.15) is 5.82 Å². The van der Waals surface area contributed by atoms with E-state index in [4.69, 9.17) is 5.73 Å². The van der Waals surface area contributed by atoms with Crippen molar-refractivity contribution in [2.45, 2.75) is 19.3 Å². The lowest BCUT2D eigenvalue weighted by Crippen LogP contribution is -2.47. The Balaban J connectivity index is 1.23. The minimum atomic E-state index is -0.355. The average molecular weight is 467 g/mol. The number of fused-ring (bicyclic) bond motifs is 2. The first-order valence-electron chi connectivity index (χ1n) is 11.3. The molecule has 2 N–H and O–H groups in total. The van der Waals surface area contributed by atoms with Gasteiger partial charge in [0.25, 0.3) is 0 Å². The quantitative estimate of drug-likeness (QED) is 0.626. The Morgan fingerprint density at radius 1 is 1.03 bits per heavy atom. The Labute approximate surface area is 196 Å². The van der Waals surface area contributed by atoms with Crippen molar-refractivity contribution < 1.29 is 14.0 Å². The molecule has 0 saturated carbocycles. The van der Waals surface area contributed by atoms with E-state index in [0.717, 1.165) is 66.0 Å². The van der Waals surface area contributed by atoms with Gasteiger partial charge in [0, 0.05) is 54.9 Å². The summed E-state index contributed by atoms with van der Waals surface area (Å²) in [6.07, 6.45) is 1.83. The zero-order valence-electron chi connectivity index (χ0n) is 18.4. The number of rotatable bonds is 5. The molecule has 0 bridgehead atoms. The number of hydrogen-bond donors (Lipinski definition) is 1. The highest BCUT2D eigenvalue weighted by Crippen LogP contribution is 2.33. The summed E-state index contributed by atoms with van der Waals surface area (Å²) in [4.78, 5) is 30.5. The third-order valence-corrected chi connectivity index (χ3v) is 7.48. The minimum Gasteiger partial charge on any atom is -0.368 e. The summed E-state index contributed by atoms with van der Waals surface area (Å²) in [5.41, 5.74) is 9.32. The van der Waals surface area contributed by atoms with Gasteiger partial charge in [0.15, 0.2) is 0 Å². The number of aryl methyl sites for hydroxylation is 1. The molecule has 3 heterocycles. The van der Waals surface area contributed by atoms with Crippen LogP contribution in [0.2, 0.25) is 0 Å². The molecule has 1 aromatic heterocycles. The molecule has 3 aromatic rings. The lowest BCUT2D eigenvalue weighted by atomic mass is 9.97. The number of amides is 2. The normalized spacial score (nSPS) is 17.0. The molecule has 33 heavy (non-hydrogen) atoms. The Hall–Kier alpha value is -2.81. The summed E-state index contributed by atoms with van der Waals surface area (Å²) in [6.45, 7) is 4.23. The van der Waals surface area contributed by atoms with Crippen LogP contribution in [0.5, 0.6) is 0 Å². The summed E-state index contributed by atoms with van der Waals surface area (Å²) in [5.74, 6) is -0.718. The van der Waals surface area contributed by atoms with Gasteiger partial charge in [0.2, 0.25) is 11.8 Å². The number of nitrogens with zero attached hydrogens (tertiary/aromatic N) is 3. The highest BCUT2D eigenvalue weighted by atomic mass is 32.1. The highest BCUT2D eigenvalue weighted by molar-refractivity contribution is 7.17. The third-order valence-electron chi connectivity index (χ3n) is 6.62. The van der Waals surface area contributed by atoms with Crippen molar-refractivity contribution in [3.63, 3.8) is 0 Å². The standard InChI is InChI=1S/C25H27FN4O2S/c26-19-14-22(20-6-12-33-23(20)15-19)29-10-8-28(9-11-29)7-5-17-1-2-18-3-4-24(31)30(21(18)13-17)25(32)16-27/h1-2,6,12-15H,3-5,7-11,16,27H2. The molecule has 6 nitrogen and oxygen atoms in total. The average Bonchev–Trinajstić information content (AvgIpc) is 3.30. The molecule has 2 aromatic carbocycles. The van der Waals surface area contributed by atoms with E-state index >= 15 is 0 Å². The number of nitrogens with two attached hydrogens (primary N) is 1. The summed E-state index contributed by atoms with van der Waals surface area (Å²) in [7, 11) is 0. The number of benzene rings is 2. The predicted octanol–water partition coefficient (Wildman–Crippen LogP) is 3.17. The number of imide groups is 1.